The molecule has 1 aromatic heterocycles. The summed E-state index contributed by atoms with van der Waals surface area (Å²) in [6.45, 7) is 7.47. The Kier molecular flexibility index (Phi) is 9.69. The summed E-state index contributed by atoms with van der Waals surface area (Å²) in [6, 6.07) is 9.17. The van der Waals surface area contributed by atoms with Gasteiger partial charge in [0.05, 0.1) is 10.7 Å². The summed E-state index contributed by atoms with van der Waals surface area (Å²) >= 11 is 12.5. The van der Waals surface area contributed by atoms with Crippen molar-refractivity contribution in [3.63, 3.8) is 0 Å². The number of amidine groups is 1. The van der Waals surface area contributed by atoms with Crippen LogP contribution in [0.15, 0.2) is 40.2 Å². The van der Waals surface area contributed by atoms with Crippen molar-refractivity contribution in [2.45, 2.75) is 52.6 Å². The van der Waals surface area contributed by atoms with Crippen LogP contribution in [0.4, 0.5) is 0 Å². The van der Waals surface area contributed by atoms with Crippen LogP contribution in [-0.4, -0.2) is 28.4 Å². The largest absolute Gasteiger partial charge is 0.382 e. The Balaban J connectivity index is 0.00000101. The van der Waals surface area contributed by atoms with Gasteiger partial charge in [-0.3, -0.25) is 9.69 Å². The van der Waals surface area contributed by atoms with Gasteiger partial charge in [0.15, 0.2) is 0 Å². The van der Waals surface area contributed by atoms with Crippen molar-refractivity contribution in [3.8, 4) is 0 Å². The number of aryl methyl sites for hydroxylation is 1. The molecule has 164 valence electrons. The molecule has 1 fully saturated rings. The predicted octanol–water partition coefficient (Wildman–Crippen LogP) is 3.99. The van der Waals surface area contributed by atoms with Gasteiger partial charge in [-0.15, -0.1) is 0 Å². The van der Waals surface area contributed by atoms with Crippen LogP contribution in [0.2, 0.25) is 10.0 Å². The van der Waals surface area contributed by atoms with E-state index in [0.29, 0.717) is 24.5 Å². The number of hydrogen-bond acceptors (Lipinski definition) is 4. The third kappa shape index (κ3) is 6.49. The van der Waals surface area contributed by atoms with E-state index in [1.165, 1.54) is 19.3 Å². The number of nitrogens with two attached hydrogens (primary N) is 2. The zero-order valence-electron chi connectivity index (χ0n) is 17.7. The monoisotopic (exact) mass is 451 g/mol. The number of nitrogens with zero attached hydrogens (tertiary/aromatic N) is 3. The molecule has 8 heteroatoms. The second-order valence-corrected chi connectivity index (χ2v) is 8.21. The van der Waals surface area contributed by atoms with Crippen LogP contribution >= 0.6 is 23.2 Å². The van der Waals surface area contributed by atoms with Gasteiger partial charge < -0.3 is 16.1 Å². The Morgan fingerprint density at radius 1 is 1.10 bits per heavy atom. The standard InChI is InChI=1S/C19H23Cl2N5O.C3H8/c20-15-11-16(21)19(27)26(17(15)12-25-8-1-2-9-25)10-7-13-3-5-14(6-4-13)18(22)24-23;1-3-2/h3-6,11H,1-2,7-10,12,23H2,(H2,22,24);3H2,1-2H3. The number of hydrazone groups is 1. The highest BCUT2D eigenvalue weighted by Crippen LogP contribution is 2.22. The van der Waals surface area contributed by atoms with E-state index < -0.39 is 0 Å². The number of hydrogen-bond donors (Lipinski definition) is 2. The van der Waals surface area contributed by atoms with Crippen LogP contribution in [0.25, 0.3) is 0 Å². The fourth-order valence-corrected chi connectivity index (χ4v) is 3.88. The zero-order chi connectivity index (χ0) is 22.1. The van der Waals surface area contributed by atoms with Gasteiger partial charge >= 0.3 is 0 Å². The summed E-state index contributed by atoms with van der Waals surface area (Å²) in [4.78, 5) is 14.9. The maximum absolute atomic E-state index is 12.6. The number of halogens is 2. The summed E-state index contributed by atoms with van der Waals surface area (Å²) in [5.41, 5.74) is 8.16. The van der Waals surface area contributed by atoms with Gasteiger partial charge in [-0.25, -0.2) is 0 Å². The molecule has 0 bridgehead atoms. The third-order valence-electron chi connectivity index (χ3n) is 4.89. The molecule has 0 unspecified atom stereocenters. The molecule has 6 nitrogen and oxygen atoms in total. The predicted molar refractivity (Wildman–Crippen MR) is 126 cm³/mol. The molecule has 1 aliphatic heterocycles. The summed E-state index contributed by atoms with van der Waals surface area (Å²) in [5.74, 6) is 5.49. The zero-order valence-corrected chi connectivity index (χ0v) is 19.2. The second-order valence-electron chi connectivity index (χ2n) is 7.40. The smallest absolute Gasteiger partial charge is 0.269 e. The molecule has 1 aromatic carbocycles. The average molecular weight is 452 g/mol. The molecule has 4 N–H and O–H groups in total. The number of pyridine rings is 1. The minimum absolute atomic E-state index is 0.146. The van der Waals surface area contributed by atoms with Crippen molar-refractivity contribution in [1.29, 1.82) is 0 Å². The van der Waals surface area contributed by atoms with Crippen LogP contribution in [0, 0.1) is 0 Å². The maximum Gasteiger partial charge on any atom is 0.269 e. The second kappa shape index (κ2) is 12.0. The molecule has 0 amide bonds. The molecule has 3 rings (SSSR count). The summed E-state index contributed by atoms with van der Waals surface area (Å²) in [7, 11) is 0. The fraction of sp³-hybridized carbons (Fsp3) is 0.455. The quantitative estimate of drug-likeness (QED) is 0.300. The molecule has 0 spiro atoms. The SMILES string of the molecule is CCC.N/N=C(\N)c1ccc(CCn2c(CN3CCCC3)c(Cl)cc(Cl)c2=O)cc1. The molecule has 2 heterocycles. The number of aromatic nitrogens is 1. The van der Waals surface area contributed by atoms with E-state index >= 15 is 0 Å². The van der Waals surface area contributed by atoms with E-state index in [9.17, 15) is 4.79 Å². The topological polar surface area (TPSA) is 89.6 Å². The lowest BCUT2D eigenvalue weighted by molar-refractivity contribution is 0.319. The molecule has 2 aromatic rings. The number of likely N-dealkylation sites (tertiary alicyclic amines) is 1. The van der Waals surface area contributed by atoms with E-state index in [2.05, 4.69) is 23.8 Å². The van der Waals surface area contributed by atoms with E-state index in [0.717, 1.165) is 29.9 Å². The van der Waals surface area contributed by atoms with E-state index in [1.807, 2.05) is 24.3 Å². The first-order valence-corrected chi connectivity index (χ1v) is 11.1. The molecule has 1 saturated heterocycles. The maximum atomic E-state index is 12.6. The molecule has 0 radical (unpaired) electrons. The fourth-order valence-electron chi connectivity index (χ4n) is 3.34. The minimum atomic E-state index is -0.202. The summed E-state index contributed by atoms with van der Waals surface area (Å²) in [6.07, 6.45) is 4.28. The Labute approximate surface area is 188 Å². The van der Waals surface area contributed by atoms with Crippen molar-refractivity contribution in [2.24, 2.45) is 16.7 Å². The Morgan fingerprint density at radius 2 is 1.70 bits per heavy atom. The van der Waals surface area contributed by atoms with E-state index in [4.69, 9.17) is 34.8 Å². The highest BCUT2D eigenvalue weighted by atomic mass is 35.5. The van der Waals surface area contributed by atoms with Crippen molar-refractivity contribution in [1.82, 2.24) is 9.47 Å². The Morgan fingerprint density at radius 3 is 2.27 bits per heavy atom. The lowest BCUT2D eigenvalue weighted by Gasteiger charge is -2.20. The number of rotatable bonds is 6. The number of benzene rings is 1. The van der Waals surface area contributed by atoms with Gasteiger partial charge in [-0.1, -0.05) is 67.7 Å². The van der Waals surface area contributed by atoms with Crippen LogP contribution in [0.1, 0.15) is 49.9 Å². The molecule has 0 saturated carbocycles. The van der Waals surface area contributed by atoms with Gasteiger partial charge in [0.25, 0.3) is 5.56 Å². The molecule has 0 aliphatic carbocycles. The molecular weight excluding hydrogens is 421 g/mol. The summed E-state index contributed by atoms with van der Waals surface area (Å²) < 4.78 is 1.70. The highest BCUT2D eigenvalue weighted by molar-refractivity contribution is 6.34. The van der Waals surface area contributed by atoms with Crippen molar-refractivity contribution in [2.75, 3.05) is 13.1 Å². The minimum Gasteiger partial charge on any atom is -0.382 e. The Bertz CT molecular complexity index is 903. The molecule has 0 atom stereocenters. The van der Waals surface area contributed by atoms with Gasteiger partial charge in [0, 0.05) is 18.7 Å². The first kappa shape index (κ1) is 24.3. The normalized spacial score (nSPS) is 14.5. The van der Waals surface area contributed by atoms with Crippen LogP contribution in [0.5, 0.6) is 0 Å². The van der Waals surface area contributed by atoms with Crippen LogP contribution in [-0.2, 0) is 19.5 Å². The summed E-state index contributed by atoms with van der Waals surface area (Å²) in [5, 5.41) is 4.17. The van der Waals surface area contributed by atoms with Crippen LogP contribution < -0.4 is 17.1 Å². The Hall–Kier alpha value is -2.02. The van der Waals surface area contributed by atoms with E-state index in [-0.39, 0.29) is 16.4 Å². The lowest BCUT2D eigenvalue weighted by atomic mass is 10.1. The third-order valence-corrected chi connectivity index (χ3v) is 5.49. The first-order chi connectivity index (χ1) is 14.4. The molecule has 1 aliphatic rings. The first-order valence-electron chi connectivity index (χ1n) is 10.3. The average Bonchev–Trinajstić information content (AvgIpc) is 3.25. The van der Waals surface area contributed by atoms with Crippen LogP contribution in [0.3, 0.4) is 0 Å². The van der Waals surface area contributed by atoms with Crippen molar-refractivity contribution >= 4 is 29.0 Å². The van der Waals surface area contributed by atoms with Gasteiger partial charge in [-0.05, 0) is 44.0 Å². The lowest BCUT2D eigenvalue weighted by Crippen LogP contribution is -2.29. The van der Waals surface area contributed by atoms with E-state index in [1.54, 1.807) is 10.6 Å². The van der Waals surface area contributed by atoms with Gasteiger partial charge in [0.2, 0.25) is 0 Å². The highest BCUT2D eigenvalue weighted by Gasteiger charge is 2.18. The van der Waals surface area contributed by atoms with Crippen molar-refractivity contribution < 1.29 is 0 Å². The van der Waals surface area contributed by atoms with Crippen molar-refractivity contribution in [3.05, 3.63) is 67.6 Å². The molecular formula is C22H31Cl2N5O. The van der Waals surface area contributed by atoms with Gasteiger partial charge in [-0.2, -0.15) is 5.10 Å². The van der Waals surface area contributed by atoms with Gasteiger partial charge in [0.1, 0.15) is 10.9 Å². The molecule has 30 heavy (non-hydrogen) atoms.